The third-order valence-electron chi connectivity index (χ3n) is 4.25. The van der Waals surface area contributed by atoms with Crippen molar-refractivity contribution in [3.63, 3.8) is 0 Å². The van der Waals surface area contributed by atoms with Crippen LogP contribution in [0.1, 0.15) is 40.0 Å². The predicted molar refractivity (Wildman–Crippen MR) is 70.7 cm³/mol. The van der Waals surface area contributed by atoms with Crippen LogP contribution in [0.25, 0.3) is 0 Å². The van der Waals surface area contributed by atoms with Crippen LogP contribution in [0.5, 0.6) is 0 Å². The highest BCUT2D eigenvalue weighted by molar-refractivity contribution is 5.85. The molecule has 0 aromatic heterocycles. The lowest BCUT2D eigenvalue weighted by Gasteiger charge is -2.32. The van der Waals surface area contributed by atoms with Crippen LogP contribution in [0, 0.1) is 5.92 Å². The number of rotatable bonds is 7. The van der Waals surface area contributed by atoms with Gasteiger partial charge in [-0.15, -0.1) is 0 Å². The van der Waals surface area contributed by atoms with Crippen molar-refractivity contribution in [2.24, 2.45) is 11.7 Å². The molecular formula is C13H27N3O. The lowest BCUT2D eigenvalue weighted by Crippen LogP contribution is -2.58. The van der Waals surface area contributed by atoms with E-state index in [2.05, 4.69) is 31.0 Å². The summed E-state index contributed by atoms with van der Waals surface area (Å²) in [5.74, 6) is 0.179. The highest BCUT2D eigenvalue weighted by atomic mass is 16.1. The zero-order valence-electron chi connectivity index (χ0n) is 11.5. The van der Waals surface area contributed by atoms with E-state index < -0.39 is 5.54 Å². The fourth-order valence-electron chi connectivity index (χ4n) is 2.87. The molecule has 0 aromatic rings. The normalized spacial score (nSPS) is 28.8. The Morgan fingerprint density at radius 2 is 2.12 bits per heavy atom. The minimum atomic E-state index is -0.451. The van der Waals surface area contributed by atoms with Gasteiger partial charge in [0.25, 0.3) is 0 Å². The smallest absolute Gasteiger partial charge is 0.238 e. The first-order valence-corrected chi connectivity index (χ1v) is 6.84. The molecule has 1 aliphatic carbocycles. The van der Waals surface area contributed by atoms with Crippen molar-refractivity contribution in [2.75, 3.05) is 26.2 Å². The summed E-state index contributed by atoms with van der Waals surface area (Å²) < 4.78 is 0. The van der Waals surface area contributed by atoms with Gasteiger partial charge in [-0.05, 0) is 31.8 Å². The minimum absolute atomic E-state index is 0.179. The van der Waals surface area contributed by atoms with Gasteiger partial charge in [-0.2, -0.15) is 0 Å². The van der Waals surface area contributed by atoms with Gasteiger partial charge in [0.15, 0.2) is 0 Å². The molecule has 0 bridgehead atoms. The summed E-state index contributed by atoms with van der Waals surface area (Å²) >= 11 is 0. The monoisotopic (exact) mass is 241 g/mol. The van der Waals surface area contributed by atoms with Gasteiger partial charge in [-0.3, -0.25) is 4.79 Å². The molecule has 1 fully saturated rings. The Kier molecular flexibility index (Phi) is 5.40. The number of nitrogens with one attached hydrogen (secondary N) is 1. The maximum absolute atomic E-state index is 11.7. The van der Waals surface area contributed by atoms with Crippen LogP contribution in [0.15, 0.2) is 0 Å². The molecule has 0 aromatic carbocycles. The number of hydrogen-bond acceptors (Lipinski definition) is 3. The number of amides is 1. The standard InChI is InChI=1S/C13H27N3O/c1-4-16(5-2)10-9-15-13(12(14)17)8-6-7-11(13)3/h11,15H,4-10H2,1-3H3,(H2,14,17). The Bertz CT molecular complexity index is 253. The minimum Gasteiger partial charge on any atom is -0.368 e. The summed E-state index contributed by atoms with van der Waals surface area (Å²) in [6, 6.07) is 0. The lowest BCUT2D eigenvalue weighted by atomic mass is 9.87. The maximum Gasteiger partial charge on any atom is 0.238 e. The van der Waals surface area contributed by atoms with Crippen LogP contribution in [0.4, 0.5) is 0 Å². The quantitative estimate of drug-likeness (QED) is 0.698. The average molecular weight is 241 g/mol. The highest BCUT2D eigenvalue weighted by Gasteiger charge is 2.44. The van der Waals surface area contributed by atoms with E-state index in [0.717, 1.165) is 45.4 Å². The first-order chi connectivity index (χ1) is 8.06. The third kappa shape index (κ3) is 3.19. The van der Waals surface area contributed by atoms with Crippen LogP contribution in [-0.4, -0.2) is 42.5 Å². The summed E-state index contributed by atoms with van der Waals surface area (Å²) in [5, 5.41) is 3.43. The molecule has 0 spiro atoms. The maximum atomic E-state index is 11.7. The van der Waals surface area contributed by atoms with E-state index >= 15 is 0 Å². The van der Waals surface area contributed by atoms with E-state index in [1.54, 1.807) is 0 Å². The second-order valence-corrected chi connectivity index (χ2v) is 5.08. The van der Waals surface area contributed by atoms with Crippen molar-refractivity contribution in [2.45, 2.75) is 45.6 Å². The molecule has 2 atom stereocenters. The Hall–Kier alpha value is -0.610. The number of hydrogen-bond donors (Lipinski definition) is 2. The average Bonchev–Trinajstić information content (AvgIpc) is 2.67. The van der Waals surface area contributed by atoms with Crippen molar-refractivity contribution >= 4 is 5.91 Å². The van der Waals surface area contributed by atoms with Crippen molar-refractivity contribution in [3.8, 4) is 0 Å². The molecule has 2 unspecified atom stereocenters. The Balaban J connectivity index is 2.49. The van der Waals surface area contributed by atoms with Crippen LogP contribution in [0.3, 0.4) is 0 Å². The zero-order chi connectivity index (χ0) is 12.9. The van der Waals surface area contributed by atoms with E-state index in [1.165, 1.54) is 0 Å². The summed E-state index contributed by atoms with van der Waals surface area (Å²) in [7, 11) is 0. The summed E-state index contributed by atoms with van der Waals surface area (Å²) in [4.78, 5) is 14.0. The number of primary amides is 1. The van der Waals surface area contributed by atoms with Gasteiger partial charge in [0.2, 0.25) is 5.91 Å². The number of nitrogens with two attached hydrogens (primary N) is 1. The molecule has 4 nitrogen and oxygen atoms in total. The third-order valence-corrected chi connectivity index (χ3v) is 4.25. The predicted octanol–water partition coefficient (Wildman–Crippen LogP) is 0.962. The molecule has 0 heterocycles. The molecule has 4 heteroatoms. The molecule has 1 amide bonds. The van der Waals surface area contributed by atoms with Gasteiger partial charge in [-0.25, -0.2) is 0 Å². The van der Waals surface area contributed by atoms with Crippen molar-refractivity contribution in [1.29, 1.82) is 0 Å². The Morgan fingerprint density at radius 3 is 2.53 bits per heavy atom. The van der Waals surface area contributed by atoms with E-state index in [0.29, 0.717) is 5.92 Å². The van der Waals surface area contributed by atoms with Crippen molar-refractivity contribution in [3.05, 3.63) is 0 Å². The molecule has 1 rings (SSSR count). The van der Waals surface area contributed by atoms with Gasteiger partial charge in [0.05, 0.1) is 0 Å². The molecule has 3 N–H and O–H groups in total. The van der Waals surface area contributed by atoms with Gasteiger partial charge in [0.1, 0.15) is 5.54 Å². The molecule has 100 valence electrons. The summed E-state index contributed by atoms with van der Waals surface area (Å²) in [6.07, 6.45) is 3.09. The summed E-state index contributed by atoms with van der Waals surface area (Å²) in [5.41, 5.74) is 5.14. The number of carbonyl (C=O) groups is 1. The summed E-state index contributed by atoms with van der Waals surface area (Å²) in [6.45, 7) is 10.4. The van der Waals surface area contributed by atoms with Crippen LogP contribution >= 0.6 is 0 Å². The SMILES string of the molecule is CCN(CC)CCNC1(C(N)=O)CCCC1C. The van der Waals surface area contributed by atoms with Gasteiger partial charge >= 0.3 is 0 Å². The molecule has 1 saturated carbocycles. The topological polar surface area (TPSA) is 58.4 Å². The van der Waals surface area contributed by atoms with Crippen LogP contribution < -0.4 is 11.1 Å². The van der Waals surface area contributed by atoms with Gasteiger partial charge in [0, 0.05) is 13.1 Å². The first kappa shape index (κ1) is 14.5. The fraction of sp³-hybridized carbons (Fsp3) is 0.923. The van der Waals surface area contributed by atoms with Gasteiger partial charge < -0.3 is 16.0 Å². The molecule has 17 heavy (non-hydrogen) atoms. The number of nitrogens with zero attached hydrogens (tertiary/aromatic N) is 1. The lowest BCUT2D eigenvalue weighted by molar-refractivity contribution is -0.125. The Morgan fingerprint density at radius 1 is 1.47 bits per heavy atom. The fourth-order valence-corrected chi connectivity index (χ4v) is 2.87. The molecule has 0 aliphatic heterocycles. The number of carbonyl (C=O) groups excluding carboxylic acids is 1. The number of likely N-dealkylation sites (N-methyl/N-ethyl adjacent to an activating group) is 1. The van der Waals surface area contributed by atoms with Crippen molar-refractivity contribution < 1.29 is 4.79 Å². The van der Waals surface area contributed by atoms with E-state index in [-0.39, 0.29) is 5.91 Å². The Labute approximate surface area is 105 Å². The molecule has 0 radical (unpaired) electrons. The van der Waals surface area contributed by atoms with Crippen molar-refractivity contribution in [1.82, 2.24) is 10.2 Å². The molecule has 1 aliphatic rings. The second kappa shape index (κ2) is 6.36. The molecule has 0 saturated heterocycles. The second-order valence-electron chi connectivity index (χ2n) is 5.08. The molecular weight excluding hydrogens is 214 g/mol. The largest absolute Gasteiger partial charge is 0.368 e. The van der Waals surface area contributed by atoms with E-state index in [9.17, 15) is 4.79 Å². The van der Waals surface area contributed by atoms with Crippen LogP contribution in [0.2, 0.25) is 0 Å². The van der Waals surface area contributed by atoms with E-state index in [4.69, 9.17) is 5.73 Å². The zero-order valence-corrected chi connectivity index (χ0v) is 11.5. The first-order valence-electron chi connectivity index (χ1n) is 6.84. The van der Waals surface area contributed by atoms with Gasteiger partial charge in [-0.1, -0.05) is 27.2 Å². The highest BCUT2D eigenvalue weighted by Crippen LogP contribution is 2.35. The van der Waals surface area contributed by atoms with E-state index in [1.807, 2.05) is 0 Å². The van der Waals surface area contributed by atoms with Crippen LogP contribution in [-0.2, 0) is 4.79 Å².